The quantitative estimate of drug-likeness (QED) is 0.569. The lowest BCUT2D eigenvalue weighted by Gasteiger charge is -2.32. The number of carbonyl (C=O) groups is 1. The molecule has 0 aromatic heterocycles. The SMILES string of the molecule is COC(=O)CC[C@@H](C)Oc1c(F)cc(B2OC(C)(C)C(C)(C)O2)cc1F. The molecular weight excluding hydrogens is 345 g/mol. The molecule has 1 aromatic carbocycles. The number of hydrogen-bond acceptors (Lipinski definition) is 5. The van der Waals surface area contributed by atoms with Gasteiger partial charge in [0.05, 0.1) is 24.4 Å². The van der Waals surface area contributed by atoms with E-state index in [2.05, 4.69) is 4.74 Å². The number of esters is 1. The maximum Gasteiger partial charge on any atom is 0.495 e. The molecule has 26 heavy (non-hydrogen) atoms. The second kappa shape index (κ2) is 7.52. The number of ether oxygens (including phenoxy) is 2. The van der Waals surface area contributed by atoms with Crippen LogP contribution < -0.4 is 10.2 Å². The van der Waals surface area contributed by atoms with E-state index in [0.717, 1.165) is 12.1 Å². The molecule has 0 unspecified atom stereocenters. The third kappa shape index (κ3) is 4.35. The standard InChI is InChI=1S/C18H25BF2O5/c1-11(7-8-15(22)23-6)24-16-13(20)9-12(10-14(16)21)19-25-17(2,3)18(4,5)26-19/h9-11H,7-8H2,1-6H3/t11-/m1/s1. The third-order valence-electron chi connectivity index (χ3n) is 4.85. The van der Waals surface area contributed by atoms with Gasteiger partial charge in [-0.1, -0.05) is 0 Å². The second-order valence-electron chi connectivity index (χ2n) is 7.45. The van der Waals surface area contributed by atoms with Crippen LogP contribution in [0, 0.1) is 11.6 Å². The molecule has 0 radical (unpaired) electrons. The van der Waals surface area contributed by atoms with Crippen LogP contribution in [0.3, 0.4) is 0 Å². The molecule has 1 aromatic rings. The summed E-state index contributed by atoms with van der Waals surface area (Å²) >= 11 is 0. The minimum atomic E-state index is -0.866. The molecule has 1 saturated heterocycles. The Morgan fingerprint density at radius 1 is 1.15 bits per heavy atom. The van der Waals surface area contributed by atoms with Crippen LogP contribution in [-0.2, 0) is 18.8 Å². The maximum atomic E-state index is 14.4. The van der Waals surface area contributed by atoms with Gasteiger partial charge in [-0.25, -0.2) is 8.78 Å². The zero-order chi connectivity index (χ0) is 19.7. The van der Waals surface area contributed by atoms with Crippen LogP contribution in [0.4, 0.5) is 8.78 Å². The van der Waals surface area contributed by atoms with E-state index in [-0.39, 0.29) is 18.3 Å². The van der Waals surface area contributed by atoms with Gasteiger partial charge in [0.15, 0.2) is 17.4 Å². The van der Waals surface area contributed by atoms with E-state index in [1.807, 2.05) is 27.7 Å². The third-order valence-corrected chi connectivity index (χ3v) is 4.85. The summed E-state index contributed by atoms with van der Waals surface area (Å²) in [4.78, 5) is 11.1. The zero-order valence-electron chi connectivity index (χ0n) is 16.0. The van der Waals surface area contributed by atoms with Gasteiger partial charge in [-0.3, -0.25) is 4.79 Å². The molecule has 1 aliphatic rings. The number of rotatable bonds is 6. The van der Waals surface area contributed by atoms with E-state index in [1.54, 1.807) is 6.92 Å². The summed E-state index contributed by atoms with van der Waals surface area (Å²) in [6, 6.07) is 2.29. The average molecular weight is 370 g/mol. The highest BCUT2D eigenvalue weighted by molar-refractivity contribution is 6.62. The Kier molecular flexibility index (Phi) is 5.97. The number of methoxy groups -OCH3 is 1. The van der Waals surface area contributed by atoms with Gasteiger partial charge >= 0.3 is 13.1 Å². The largest absolute Gasteiger partial charge is 0.495 e. The van der Waals surface area contributed by atoms with Gasteiger partial charge in [-0.2, -0.15) is 0 Å². The van der Waals surface area contributed by atoms with Crippen molar-refractivity contribution < 1.29 is 32.4 Å². The molecule has 0 N–H and O–H groups in total. The summed E-state index contributed by atoms with van der Waals surface area (Å²) < 4.78 is 50.3. The number of benzene rings is 1. The Bertz CT molecular complexity index is 639. The smallest absolute Gasteiger partial charge is 0.485 e. The van der Waals surface area contributed by atoms with E-state index in [4.69, 9.17) is 14.0 Å². The Morgan fingerprint density at radius 3 is 2.12 bits per heavy atom. The van der Waals surface area contributed by atoms with Gasteiger partial charge in [0.25, 0.3) is 0 Å². The number of carbonyl (C=O) groups excluding carboxylic acids is 1. The van der Waals surface area contributed by atoms with Gasteiger partial charge in [-0.05, 0) is 58.6 Å². The highest BCUT2D eigenvalue weighted by Crippen LogP contribution is 2.37. The highest BCUT2D eigenvalue weighted by atomic mass is 19.1. The zero-order valence-corrected chi connectivity index (χ0v) is 16.0. The van der Waals surface area contributed by atoms with Crippen molar-refractivity contribution in [3.05, 3.63) is 23.8 Å². The molecule has 144 valence electrons. The lowest BCUT2D eigenvalue weighted by atomic mass is 9.79. The molecule has 0 saturated carbocycles. The van der Waals surface area contributed by atoms with Gasteiger partial charge in [0, 0.05) is 6.42 Å². The van der Waals surface area contributed by atoms with Crippen LogP contribution in [0.1, 0.15) is 47.5 Å². The molecule has 0 aliphatic carbocycles. The van der Waals surface area contributed by atoms with Crippen molar-refractivity contribution in [3.63, 3.8) is 0 Å². The molecular formula is C18H25BF2O5. The van der Waals surface area contributed by atoms with E-state index < -0.39 is 47.8 Å². The molecule has 8 heteroatoms. The van der Waals surface area contributed by atoms with Crippen LogP contribution in [0.25, 0.3) is 0 Å². The summed E-state index contributed by atoms with van der Waals surface area (Å²) in [5.41, 5.74) is -0.974. The summed E-state index contributed by atoms with van der Waals surface area (Å²) in [6.07, 6.45) is -0.168. The fourth-order valence-corrected chi connectivity index (χ4v) is 2.49. The predicted octanol–water partition coefficient (Wildman–Crippen LogP) is 2.98. The predicted molar refractivity (Wildman–Crippen MR) is 93.4 cm³/mol. The van der Waals surface area contributed by atoms with Crippen LogP contribution in [0.5, 0.6) is 5.75 Å². The lowest BCUT2D eigenvalue weighted by Crippen LogP contribution is -2.41. The van der Waals surface area contributed by atoms with Crippen LogP contribution in [0.15, 0.2) is 12.1 Å². The molecule has 0 amide bonds. The molecule has 0 spiro atoms. The van der Waals surface area contributed by atoms with E-state index in [0.29, 0.717) is 0 Å². The molecule has 1 atom stereocenters. The molecule has 1 fully saturated rings. The summed E-state index contributed by atoms with van der Waals surface area (Å²) in [5, 5.41) is 0. The number of hydrogen-bond donors (Lipinski definition) is 0. The van der Waals surface area contributed by atoms with E-state index in [9.17, 15) is 13.6 Å². The maximum absolute atomic E-state index is 14.4. The molecule has 5 nitrogen and oxygen atoms in total. The topological polar surface area (TPSA) is 54.0 Å². The normalized spacial score (nSPS) is 19.3. The molecule has 1 aliphatic heterocycles. The van der Waals surface area contributed by atoms with Gasteiger partial charge in [0.1, 0.15) is 0 Å². The molecule has 1 heterocycles. The van der Waals surface area contributed by atoms with Gasteiger partial charge in [0.2, 0.25) is 0 Å². The van der Waals surface area contributed by atoms with Crippen molar-refractivity contribution in [3.8, 4) is 5.75 Å². The van der Waals surface area contributed by atoms with Crippen molar-refractivity contribution in [2.75, 3.05) is 7.11 Å². The van der Waals surface area contributed by atoms with E-state index >= 15 is 0 Å². The fourth-order valence-electron chi connectivity index (χ4n) is 2.49. The van der Waals surface area contributed by atoms with Crippen LogP contribution in [-0.4, -0.2) is 37.5 Å². The second-order valence-corrected chi connectivity index (χ2v) is 7.45. The van der Waals surface area contributed by atoms with Crippen molar-refractivity contribution in [1.82, 2.24) is 0 Å². The first-order valence-corrected chi connectivity index (χ1v) is 8.55. The fraction of sp³-hybridized carbons (Fsp3) is 0.611. The summed E-state index contributed by atoms with van der Waals surface area (Å²) in [7, 11) is 0.413. The highest BCUT2D eigenvalue weighted by Gasteiger charge is 2.52. The Balaban J connectivity index is 2.12. The first kappa shape index (κ1) is 20.6. The first-order chi connectivity index (χ1) is 12.0. The van der Waals surface area contributed by atoms with Gasteiger partial charge in [-0.15, -0.1) is 0 Å². The van der Waals surface area contributed by atoms with Gasteiger partial charge < -0.3 is 18.8 Å². The van der Waals surface area contributed by atoms with Crippen LogP contribution >= 0.6 is 0 Å². The lowest BCUT2D eigenvalue weighted by molar-refractivity contribution is -0.141. The monoisotopic (exact) mass is 370 g/mol. The summed E-state index contributed by atoms with van der Waals surface area (Å²) in [5.74, 6) is -2.58. The van der Waals surface area contributed by atoms with Crippen molar-refractivity contribution in [1.29, 1.82) is 0 Å². The number of halogens is 2. The summed E-state index contributed by atoms with van der Waals surface area (Å²) in [6.45, 7) is 9.07. The average Bonchev–Trinajstić information content (AvgIpc) is 2.76. The van der Waals surface area contributed by atoms with Crippen molar-refractivity contribution in [2.24, 2.45) is 0 Å². The Labute approximate surface area is 153 Å². The van der Waals surface area contributed by atoms with Crippen LogP contribution in [0.2, 0.25) is 0 Å². The minimum absolute atomic E-state index is 0.104. The first-order valence-electron chi connectivity index (χ1n) is 8.55. The van der Waals surface area contributed by atoms with E-state index in [1.165, 1.54) is 7.11 Å². The Hall–Kier alpha value is -1.67. The molecule has 2 rings (SSSR count). The minimum Gasteiger partial charge on any atom is -0.485 e. The molecule has 0 bridgehead atoms. The van der Waals surface area contributed by atoms with Crippen molar-refractivity contribution in [2.45, 2.75) is 64.8 Å². The van der Waals surface area contributed by atoms with Crippen molar-refractivity contribution >= 4 is 18.6 Å². The Morgan fingerprint density at radius 2 is 1.65 bits per heavy atom.